The molecular formula is C23H27N5O2. The van der Waals surface area contributed by atoms with E-state index in [-0.39, 0.29) is 11.9 Å². The normalized spacial score (nSPS) is 16.3. The third kappa shape index (κ3) is 4.93. The summed E-state index contributed by atoms with van der Waals surface area (Å²) in [6, 6.07) is 17.7. The number of nitrogens with one attached hydrogen (secondary N) is 1. The van der Waals surface area contributed by atoms with Crippen molar-refractivity contribution >= 4 is 11.6 Å². The molecule has 7 nitrogen and oxygen atoms in total. The molecule has 1 aliphatic rings. The Bertz CT molecular complexity index is 980. The second-order valence-corrected chi connectivity index (χ2v) is 7.72. The van der Waals surface area contributed by atoms with Crippen LogP contribution in [0, 0.1) is 6.92 Å². The maximum atomic E-state index is 12.3. The van der Waals surface area contributed by atoms with Gasteiger partial charge in [0, 0.05) is 37.4 Å². The lowest BCUT2D eigenvalue weighted by Crippen LogP contribution is -2.49. The van der Waals surface area contributed by atoms with Gasteiger partial charge in [-0.1, -0.05) is 35.9 Å². The van der Waals surface area contributed by atoms with Crippen LogP contribution < -0.4 is 5.32 Å². The van der Waals surface area contributed by atoms with Crippen LogP contribution in [0.3, 0.4) is 0 Å². The van der Waals surface area contributed by atoms with Crippen molar-refractivity contribution in [3.8, 4) is 11.5 Å². The summed E-state index contributed by atoms with van der Waals surface area (Å²) in [5, 5.41) is 11.5. The van der Waals surface area contributed by atoms with Gasteiger partial charge in [0.05, 0.1) is 12.6 Å². The largest absolute Gasteiger partial charge is 0.419 e. The van der Waals surface area contributed by atoms with E-state index in [1.807, 2.05) is 61.5 Å². The number of para-hydroxylation sites is 1. The monoisotopic (exact) mass is 405 g/mol. The average Bonchev–Trinajstić information content (AvgIpc) is 3.25. The number of aryl methyl sites for hydroxylation is 1. The van der Waals surface area contributed by atoms with Crippen LogP contribution in [0.5, 0.6) is 0 Å². The van der Waals surface area contributed by atoms with Crippen LogP contribution in [0.4, 0.5) is 5.69 Å². The van der Waals surface area contributed by atoms with E-state index < -0.39 is 0 Å². The number of piperazine rings is 1. The molecule has 1 aliphatic heterocycles. The number of amides is 1. The van der Waals surface area contributed by atoms with Crippen molar-refractivity contribution in [2.24, 2.45) is 0 Å². The molecule has 0 saturated carbocycles. The van der Waals surface area contributed by atoms with Gasteiger partial charge in [-0.3, -0.25) is 14.6 Å². The third-order valence-electron chi connectivity index (χ3n) is 5.44. The lowest BCUT2D eigenvalue weighted by molar-refractivity contribution is -0.117. The van der Waals surface area contributed by atoms with Crippen molar-refractivity contribution in [1.82, 2.24) is 20.0 Å². The van der Waals surface area contributed by atoms with Gasteiger partial charge in [-0.2, -0.15) is 0 Å². The molecule has 1 amide bonds. The molecule has 1 N–H and O–H groups in total. The highest BCUT2D eigenvalue weighted by Gasteiger charge is 2.26. The smallest absolute Gasteiger partial charge is 0.247 e. The zero-order chi connectivity index (χ0) is 20.9. The fourth-order valence-corrected chi connectivity index (χ4v) is 3.69. The third-order valence-corrected chi connectivity index (χ3v) is 5.44. The first-order chi connectivity index (χ1) is 14.6. The van der Waals surface area contributed by atoms with Crippen LogP contribution >= 0.6 is 0 Å². The summed E-state index contributed by atoms with van der Waals surface area (Å²) in [5.41, 5.74) is 2.93. The van der Waals surface area contributed by atoms with E-state index >= 15 is 0 Å². The average molecular weight is 406 g/mol. The molecule has 1 fully saturated rings. The van der Waals surface area contributed by atoms with E-state index in [9.17, 15) is 4.79 Å². The van der Waals surface area contributed by atoms with Crippen molar-refractivity contribution in [2.45, 2.75) is 19.9 Å². The number of nitrogens with zero attached hydrogens (tertiary/aromatic N) is 4. The minimum Gasteiger partial charge on any atom is -0.419 e. The summed E-state index contributed by atoms with van der Waals surface area (Å²) in [4.78, 5) is 16.8. The van der Waals surface area contributed by atoms with Crippen molar-refractivity contribution < 1.29 is 9.21 Å². The van der Waals surface area contributed by atoms with Gasteiger partial charge in [0.1, 0.15) is 0 Å². The number of hydrogen-bond donors (Lipinski definition) is 1. The zero-order valence-electron chi connectivity index (χ0n) is 17.4. The first-order valence-corrected chi connectivity index (χ1v) is 10.3. The van der Waals surface area contributed by atoms with Crippen molar-refractivity contribution in [3.05, 3.63) is 66.1 Å². The number of hydrogen-bond acceptors (Lipinski definition) is 6. The minimum absolute atomic E-state index is 0.0161. The van der Waals surface area contributed by atoms with Crippen LogP contribution in [0.15, 0.2) is 59.0 Å². The van der Waals surface area contributed by atoms with Crippen molar-refractivity contribution in [1.29, 1.82) is 0 Å². The Kier molecular flexibility index (Phi) is 6.21. The van der Waals surface area contributed by atoms with Gasteiger partial charge in [0.2, 0.25) is 17.7 Å². The fraction of sp³-hybridized carbons (Fsp3) is 0.348. The lowest BCUT2D eigenvalue weighted by Gasteiger charge is -2.36. The summed E-state index contributed by atoms with van der Waals surface area (Å²) < 4.78 is 5.96. The molecule has 1 saturated heterocycles. The van der Waals surface area contributed by atoms with Gasteiger partial charge >= 0.3 is 0 Å². The number of anilines is 1. The Hall–Kier alpha value is -3.03. The number of rotatable bonds is 6. The first kappa shape index (κ1) is 20.3. The van der Waals surface area contributed by atoms with Crippen LogP contribution in [-0.4, -0.2) is 58.6 Å². The topological polar surface area (TPSA) is 74.5 Å². The van der Waals surface area contributed by atoms with E-state index in [1.54, 1.807) is 0 Å². The minimum atomic E-state index is 0.0161. The SMILES string of the molecule is Cc1cccc(-c2nnc([C@@H](C)N3CCN(CC(=O)Nc4ccccc4)CC3)o2)c1. The first-order valence-electron chi connectivity index (χ1n) is 10.3. The molecule has 30 heavy (non-hydrogen) atoms. The Morgan fingerprint density at radius 1 is 1.07 bits per heavy atom. The van der Waals surface area contributed by atoms with Crippen molar-refractivity contribution in [2.75, 3.05) is 38.0 Å². The Morgan fingerprint density at radius 2 is 1.83 bits per heavy atom. The van der Waals surface area contributed by atoms with Crippen LogP contribution in [0.2, 0.25) is 0 Å². The fourth-order valence-electron chi connectivity index (χ4n) is 3.69. The Balaban J connectivity index is 1.29. The maximum absolute atomic E-state index is 12.3. The van der Waals surface area contributed by atoms with Gasteiger partial charge in [-0.05, 0) is 38.1 Å². The molecule has 3 aromatic rings. The highest BCUT2D eigenvalue weighted by atomic mass is 16.4. The standard InChI is InChI=1S/C23H27N5O2/c1-17-7-6-8-19(15-17)23-26-25-22(30-23)18(2)28-13-11-27(12-14-28)16-21(29)24-20-9-4-3-5-10-20/h3-10,15,18H,11-14,16H2,1-2H3,(H,24,29)/t18-/m1/s1. The van der Waals surface area contributed by atoms with E-state index in [4.69, 9.17) is 4.42 Å². The molecule has 0 bridgehead atoms. The second-order valence-electron chi connectivity index (χ2n) is 7.72. The molecule has 1 aromatic heterocycles. The van der Waals surface area contributed by atoms with Gasteiger partial charge in [0.15, 0.2) is 0 Å². The molecule has 7 heteroatoms. The summed E-state index contributed by atoms with van der Waals surface area (Å²) in [6.45, 7) is 7.88. The van der Waals surface area contributed by atoms with Gasteiger partial charge in [-0.25, -0.2) is 0 Å². The van der Waals surface area contributed by atoms with E-state index in [0.717, 1.165) is 43.0 Å². The highest BCUT2D eigenvalue weighted by molar-refractivity contribution is 5.92. The maximum Gasteiger partial charge on any atom is 0.247 e. The van der Waals surface area contributed by atoms with E-state index in [2.05, 4.69) is 32.2 Å². The second kappa shape index (κ2) is 9.19. The van der Waals surface area contributed by atoms with Crippen molar-refractivity contribution in [3.63, 3.8) is 0 Å². The lowest BCUT2D eigenvalue weighted by atomic mass is 10.1. The predicted molar refractivity (Wildman–Crippen MR) is 116 cm³/mol. The highest BCUT2D eigenvalue weighted by Crippen LogP contribution is 2.25. The summed E-state index contributed by atoms with van der Waals surface area (Å²) in [5.74, 6) is 1.20. The number of carbonyl (C=O) groups is 1. The summed E-state index contributed by atoms with van der Waals surface area (Å²) >= 11 is 0. The molecule has 0 aliphatic carbocycles. The Morgan fingerprint density at radius 3 is 2.57 bits per heavy atom. The van der Waals surface area contributed by atoms with Gasteiger partial charge < -0.3 is 9.73 Å². The van der Waals surface area contributed by atoms with Crippen LogP contribution in [0.1, 0.15) is 24.4 Å². The molecule has 4 rings (SSSR count). The number of carbonyl (C=O) groups excluding carboxylic acids is 1. The number of aromatic nitrogens is 2. The van der Waals surface area contributed by atoms with Gasteiger partial charge in [0.25, 0.3) is 0 Å². The molecule has 1 atom stereocenters. The predicted octanol–water partition coefficient (Wildman–Crippen LogP) is 3.36. The summed E-state index contributed by atoms with van der Waals surface area (Å²) in [7, 11) is 0. The molecule has 0 spiro atoms. The quantitative estimate of drug-likeness (QED) is 0.678. The molecular weight excluding hydrogens is 378 g/mol. The summed E-state index contributed by atoms with van der Waals surface area (Å²) in [6.07, 6.45) is 0. The van der Waals surface area contributed by atoms with E-state index in [0.29, 0.717) is 18.3 Å². The molecule has 2 aromatic carbocycles. The van der Waals surface area contributed by atoms with Crippen LogP contribution in [0.25, 0.3) is 11.5 Å². The van der Waals surface area contributed by atoms with E-state index in [1.165, 1.54) is 0 Å². The molecule has 2 heterocycles. The zero-order valence-corrected chi connectivity index (χ0v) is 17.4. The van der Waals surface area contributed by atoms with Crippen LogP contribution in [-0.2, 0) is 4.79 Å². The number of benzene rings is 2. The Labute approximate surface area is 176 Å². The molecule has 0 radical (unpaired) electrons. The van der Waals surface area contributed by atoms with Gasteiger partial charge in [-0.15, -0.1) is 10.2 Å². The molecule has 156 valence electrons. The molecule has 0 unspecified atom stereocenters.